The molecular formula is C31H40N2O6S2Si. The first-order chi connectivity index (χ1) is 19.8. The fourth-order valence-electron chi connectivity index (χ4n) is 4.74. The van der Waals surface area contributed by atoms with Gasteiger partial charge in [0.15, 0.2) is 9.84 Å². The number of unbranched alkanes of at least 4 members (excludes halogenated alkanes) is 1. The van der Waals surface area contributed by atoms with Crippen molar-refractivity contribution in [2.45, 2.75) is 57.3 Å². The Bertz CT molecular complexity index is 1570. The number of nitrogens with zero attached hydrogens (tertiary/aromatic N) is 2. The number of amides is 1. The molecule has 0 aromatic heterocycles. The second kappa shape index (κ2) is 13.4. The van der Waals surface area contributed by atoms with Crippen LogP contribution in [0.3, 0.4) is 0 Å². The summed E-state index contributed by atoms with van der Waals surface area (Å²) in [4.78, 5) is 12.8. The summed E-state index contributed by atoms with van der Waals surface area (Å²) in [7, 11) is -8.84. The van der Waals surface area contributed by atoms with Crippen LogP contribution in [0.4, 0.5) is 5.69 Å². The molecule has 1 heterocycles. The SMILES string of the molecule is C[Si](C)(C)CCN1C(=O)CN(c2ccc(CCCCS(=O)(=O)Cc3ccccc3)cc2OCc2ccccc2)S1(=O)=O. The topological polar surface area (TPSA) is 101 Å². The van der Waals surface area contributed by atoms with E-state index in [2.05, 4.69) is 19.6 Å². The average Bonchev–Trinajstić information content (AvgIpc) is 3.16. The van der Waals surface area contributed by atoms with Crippen LogP contribution < -0.4 is 9.04 Å². The van der Waals surface area contributed by atoms with Crippen LogP contribution in [-0.4, -0.2) is 54.0 Å². The van der Waals surface area contributed by atoms with E-state index < -0.39 is 34.0 Å². The molecule has 1 aliphatic heterocycles. The number of hydrogen-bond donors (Lipinski definition) is 0. The van der Waals surface area contributed by atoms with Crippen LogP contribution in [0.15, 0.2) is 78.9 Å². The lowest BCUT2D eigenvalue weighted by Crippen LogP contribution is -2.37. The molecule has 42 heavy (non-hydrogen) atoms. The lowest BCUT2D eigenvalue weighted by Gasteiger charge is -2.24. The average molecular weight is 629 g/mol. The van der Waals surface area contributed by atoms with Crippen molar-refractivity contribution in [1.82, 2.24) is 4.31 Å². The van der Waals surface area contributed by atoms with Crippen LogP contribution in [0.25, 0.3) is 0 Å². The molecule has 0 bridgehead atoms. The van der Waals surface area contributed by atoms with Gasteiger partial charge in [-0.1, -0.05) is 86.4 Å². The molecule has 0 saturated carbocycles. The van der Waals surface area contributed by atoms with Crippen molar-refractivity contribution in [3.63, 3.8) is 0 Å². The van der Waals surface area contributed by atoms with Crippen molar-refractivity contribution in [1.29, 1.82) is 0 Å². The second-order valence-corrected chi connectivity index (χ2v) is 21.5. The minimum atomic E-state index is -4.04. The van der Waals surface area contributed by atoms with Gasteiger partial charge in [0.25, 0.3) is 5.91 Å². The summed E-state index contributed by atoms with van der Waals surface area (Å²) in [6.07, 6.45) is 1.77. The highest BCUT2D eigenvalue weighted by atomic mass is 32.2. The summed E-state index contributed by atoms with van der Waals surface area (Å²) in [6.45, 7) is 6.57. The molecule has 0 aliphatic carbocycles. The van der Waals surface area contributed by atoms with Crippen molar-refractivity contribution in [2.75, 3.05) is 23.1 Å². The second-order valence-electron chi connectivity index (χ2n) is 11.9. The van der Waals surface area contributed by atoms with E-state index in [-0.39, 0.29) is 31.2 Å². The van der Waals surface area contributed by atoms with Crippen molar-refractivity contribution >= 4 is 39.7 Å². The van der Waals surface area contributed by atoms with E-state index in [1.165, 1.54) is 0 Å². The van der Waals surface area contributed by atoms with E-state index >= 15 is 0 Å². The molecule has 0 radical (unpaired) electrons. The van der Waals surface area contributed by atoms with Gasteiger partial charge in [-0.15, -0.1) is 0 Å². The summed E-state index contributed by atoms with van der Waals surface area (Å²) in [5.41, 5.74) is 2.93. The van der Waals surface area contributed by atoms with Gasteiger partial charge in [0.1, 0.15) is 18.9 Å². The molecule has 4 rings (SSSR count). The minimum Gasteiger partial charge on any atom is -0.487 e. The molecule has 0 atom stereocenters. The number of hydrogen-bond acceptors (Lipinski definition) is 6. The molecule has 0 unspecified atom stereocenters. The van der Waals surface area contributed by atoms with Gasteiger partial charge in [-0.25, -0.2) is 17.0 Å². The van der Waals surface area contributed by atoms with Crippen molar-refractivity contribution < 1.29 is 26.4 Å². The molecule has 1 saturated heterocycles. The number of benzene rings is 3. The monoisotopic (exact) mass is 628 g/mol. The van der Waals surface area contributed by atoms with Crippen LogP contribution in [0.5, 0.6) is 5.75 Å². The van der Waals surface area contributed by atoms with Crippen molar-refractivity contribution in [3.05, 3.63) is 95.6 Å². The normalized spacial score (nSPS) is 15.3. The Morgan fingerprint density at radius 3 is 2.14 bits per heavy atom. The first kappa shape index (κ1) is 31.8. The summed E-state index contributed by atoms with van der Waals surface area (Å²) in [5.74, 6) is 0.0519. The largest absolute Gasteiger partial charge is 0.487 e. The molecule has 3 aromatic carbocycles. The summed E-state index contributed by atoms with van der Waals surface area (Å²) in [6, 6.07) is 24.7. The van der Waals surface area contributed by atoms with Gasteiger partial charge in [-0.2, -0.15) is 8.42 Å². The maximum Gasteiger partial charge on any atom is 0.329 e. The van der Waals surface area contributed by atoms with Gasteiger partial charge in [-0.05, 0) is 54.1 Å². The summed E-state index contributed by atoms with van der Waals surface area (Å²) < 4.78 is 60.5. The zero-order valence-corrected chi connectivity index (χ0v) is 27.2. The first-order valence-electron chi connectivity index (χ1n) is 14.2. The smallest absolute Gasteiger partial charge is 0.329 e. The first-order valence-corrected chi connectivity index (χ1v) is 21.1. The number of anilines is 1. The number of aryl methyl sites for hydroxylation is 1. The molecule has 1 amide bonds. The van der Waals surface area contributed by atoms with Gasteiger partial charge in [0.05, 0.1) is 17.2 Å². The number of ether oxygens (including phenoxy) is 1. The lowest BCUT2D eigenvalue weighted by molar-refractivity contribution is -0.123. The number of rotatable bonds is 14. The molecule has 1 fully saturated rings. The van der Waals surface area contributed by atoms with Gasteiger partial charge in [0, 0.05) is 14.6 Å². The van der Waals surface area contributed by atoms with Gasteiger partial charge in [0.2, 0.25) is 0 Å². The third-order valence-corrected chi connectivity index (χ3v) is 12.3. The summed E-state index contributed by atoms with van der Waals surface area (Å²) >= 11 is 0. The van der Waals surface area contributed by atoms with E-state index in [4.69, 9.17) is 4.74 Å². The maximum absolute atomic E-state index is 13.5. The van der Waals surface area contributed by atoms with Gasteiger partial charge < -0.3 is 4.74 Å². The van der Waals surface area contributed by atoms with E-state index in [9.17, 15) is 21.6 Å². The van der Waals surface area contributed by atoms with Crippen LogP contribution in [0.1, 0.15) is 29.5 Å². The van der Waals surface area contributed by atoms with Crippen LogP contribution >= 0.6 is 0 Å². The van der Waals surface area contributed by atoms with Gasteiger partial charge >= 0.3 is 10.2 Å². The Hall–Kier alpha value is -3.15. The third-order valence-electron chi connectivity index (χ3n) is 7.11. The Labute approximate surface area is 251 Å². The summed E-state index contributed by atoms with van der Waals surface area (Å²) in [5, 5.41) is 0. The molecule has 3 aromatic rings. The fourth-order valence-corrected chi connectivity index (χ4v) is 8.83. The number of sulfone groups is 1. The van der Waals surface area contributed by atoms with Crippen molar-refractivity contribution in [3.8, 4) is 5.75 Å². The maximum atomic E-state index is 13.5. The zero-order valence-electron chi connectivity index (χ0n) is 24.5. The highest BCUT2D eigenvalue weighted by Gasteiger charge is 2.43. The van der Waals surface area contributed by atoms with E-state index in [0.717, 1.165) is 25.3 Å². The minimum absolute atomic E-state index is 0.0258. The standard InChI is InChI=1S/C31H40N2O6S2Si/c1-42(2,3)21-19-32-31(34)23-33(41(32,37)38)29-18-17-26(22-30(29)39-24-27-13-6-4-7-14-27)12-10-11-20-40(35,36)25-28-15-8-5-9-16-28/h4-9,13-18,22H,10-12,19-21,23-25H2,1-3H3. The Kier molecular flexibility index (Phi) is 10.2. The predicted molar refractivity (Wildman–Crippen MR) is 170 cm³/mol. The zero-order chi connectivity index (χ0) is 30.4. The highest BCUT2D eigenvalue weighted by Crippen LogP contribution is 2.36. The Morgan fingerprint density at radius 2 is 1.50 bits per heavy atom. The van der Waals surface area contributed by atoms with E-state index in [1.54, 1.807) is 6.07 Å². The molecular weight excluding hydrogens is 589 g/mol. The third kappa shape index (κ3) is 8.68. The Balaban J connectivity index is 1.48. The quantitative estimate of drug-likeness (QED) is 0.174. The van der Waals surface area contributed by atoms with Gasteiger partial charge in [-0.3, -0.25) is 4.79 Å². The molecule has 226 valence electrons. The van der Waals surface area contributed by atoms with Crippen molar-refractivity contribution in [2.24, 2.45) is 0 Å². The van der Waals surface area contributed by atoms with E-state index in [1.807, 2.05) is 72.8 Å². The highest BCUT2D eigenvalue weighted by molar-refractivity contribution is 7.91. The lowest BCUT2D eigenvalue weighted by atomic mass is 10.1. The van der Waals surface area contributed by atoms with Crippen LogP contribution in [0, 0.1) is 0 Å². The molecule has 0 N–H and O–H groups in total. The molecule has 11 heteroatoms. The molecule has 0 spiro atoms. The predicted octanol–water partition coefficient (Wildman–Crippen LogP) is 5.43. The van der Waals surface area contributed by atoms with Crippen LogP contribution in [0.2, 0.25) is 25.7 Å². The van der Waals surface area contributed by atoms with Crippen LogP contribution in [-0.2, 0) is 43.6 Å². The fraction of sp³-hybridized carbons (Fsp3) is 0.387. The molecule has 8 nitrogen and oxygen atoms in total. The number of carbonyl (C=O) groups excluding carboxylic acids is 1. The Morgan fingerprint density at radius 1 is 0.857 bits per heavy atom. The molecule has 1 aliphatic rings. The number of carbonyl (C=O) groups is 1. The van der Waals surface area contributed by atoms with E-state index in [0.29, 0.717) is 36.7 Å².